The summed E-state index contributed by atoms with van der Waals surface area (Å²) in [5.74, 6) is 0.933. The molecular weight excluding hydrogens is 681 g/mol. The zero-order chi connectivity index (χ0) is 38.4. The van der Waals surface area contributed by atoms with Gasteiger partial charge in [-0.2, -0.15) is 0 Å². The molecule has 0 saturated heterocycles. The second-order valence-electron chi connectivity index (χ2n) is 16.8. The molecule has 0 radical (unpaired) electrons. The zero-order valence-electron chi connectivity index (χ0n) is 33.6. The lowest BCUT2D eigenvalue weighted by Crippen LogP contribution is -2.37. The van der Waals surface area contributed by atoms with Gasteiger partial charge in [-0.25, -0.2) is 0 Å². The highest BCUT2D eigenvalue weighted by Crippen LogP contribution is 2.47. The van der Waals surface area contributed by atoms with E-state index in [1.54, 1.807) is 0 Å². The van der Waals surface area contributed by atoms with Gasteiger partial charge in [0.1, 0.15) is 0 Å². The van der Waals surface area contributed by atoms with Crippen LogP contribution in [0.3, 0.4) is 0 Å². The summed E-state index contributed by atoms with van der Waals surface area (Å²) in [5.41, 5.74) is 10.9. The Hall–Kier alpha value is -5.64. The molecule has 0 atom stereocenters. The van der Waals surface area contributed by atoms with Crippen molar-refractivity contribution in [2.75, 3.05) is 9.80 Å². The third-order valence-electron chi connectivity index (χ3n) is 11.2. The Bertz CT molecular complexity index is 2610. The van der Waals surface area contributed by atoms with Crippen molar-refractivity contribution in [3.8, 4) is 0 Å². The fraction of sp³-hybridized carbons (Fsp3) is 0.192. The Kier molecular flexibility index (Phi) is 9.61. The van der Waals surface area contributed by atoms with Crippen LogP contribution in [0.2, 0.25) is 19.6 Å². The first-order valence-corrected chi connectivity index (χ1v) is 23.3. The highest BCUT2D eigenvalue weighted by molar-refractivity contribution is 6.88. The fourth-order valence-corrected chi connectivity index (χ4v) is 9.12. The van der Waals surface area contributed by atoms with Crippen LogP contribution >= 0.6 is 0 Å². The summed E-state index contributed by atoms with van der Waals surface area (Å²) >= 11 is 0. The van der Waals surface area contributed by atoms with E-state index in [-0.39, 0.29) is 0 Å². The van der Waals surface area contributed by atoms with Crippen LogP contribution in [-0.2, 0) is 0 Å². The van der Waals surface area contributed by atoms with Crippen LogP contribution in [0.1, 0.15) is 56.2 Å². The minimum atomic E-state index is -1.48. The lowest BCUT2D eigenvalue weighted by atomic mass is 9.93. The Labute approximate surface area is 328 Å². The number of benzene rings is 8. The molecule has 0 unspecified atom stereocenters. The van der Waals surface area contributed by atoms with Crippen molar-refractivity contribution in [1.29, 1.82) is 0 Å². The Morgan fingerprint density at radius 1 is 0.382 bits per heavy atom. The predicted molar refractivity (Wildman–Crippen MR) is 244 cm³/mol. The molecular formula is C52H52N2Si. The van der Waals surface area contributed by atoms with Crippen LogP contribution in [0, 0.1) is 6.92 Å². The second-order valence-corrected chi connectivity index (χ2v) is 21.9. The van der Waals surface area contributed by atoms with Crippen LogP contribution in [0.4, 0.5) is 34.1 Å². The molecule has 2 nitrogen and oxygen atoms in total. The van der Waals surface area contributed by atoms with E-state index in [9.17, 15) is 0 Å². The molecule has 274 valence electrons. The van der Waals surface area contributed by atoms with Crippen molar-refractivity contribution in [1.82, 2.24) is 0 Å². The normalized spacial score (nSPS) is 12.0. The van der Waals surface area contributed by atoms with E-state index in [0.717, 1.165) is 17.1 Å². The Morgan fingerprint density at radius 2 is 0.709 bits per heavy atom. The maximum atomic E-state index is 2.47. The summed E-state index contributed by atoms with van der Waals surface area (Å²) in [5, 5.41) is 8.87. The lowest BCUT2D eigenvalue weighted by Gasteiger charge is -2.30. The highest BCUT2D eigenvalue weighted by Gasteiger charge is 2.23. The number of aryl methyl sites for hydroxylation is 1. The average molecular weight is 733 g/mol. The largest absolute Gasteiger partial charge is 0.310 e. The van der Waals surface area contributed by atoms with E-state index < -0.39 is 8.07 Å². The standard InChI is InChI=1S/C52H52N2Si/c1-35(2)38-19-25-41(26-20-38)53(40-23-17-37(5)18-24-40)51-33-49-46-14-10-12-16-48(46)52(34-50(49)45-13-9-11-15-47(45)51)54(42-27-21-39(22-28-42)36(3)4)43-29-31-44(32-30-43)55(6,7)8/h9-36H,1-8H3. The summed E-state index contributed by atoms with van der Waals surface area (Å²) < 4.78 is 0. The molecule has 0 fully saturated rings. The van der Waals surface area contributed by atoms with Crippen molar-refractivity contribution < 1.29 is 0 Å². The van der Waals surface area contributed by atoms with Gasteiger partial charge in [-0.05, 0) is 112 Å². The van der Waals surface area contributed by atoms with Gasteiger partial charge in [0.2, 0.25) is 0 Å². The first-order chi connectivity index (χ1) is 26.5. The number of fused-ring (bicyclic) bond motifs is 5. The molecule has 0 aliphatic carbocycles. The number of hydrogen-bond acceptors (Lipinski definition) is 2. The SMILES string of the molecule is Cc1ccc(N(c2ccc(C(C)C)cc2)c2cc3c4ccccc4c(N(c4ccc(C(C)C)cc4)c4ccc([Si](C)(C)C)cc4)cc3c3ccccc23)cc1. The van der Waals surface area contributed by atoms with Crippen LogP contribution in [-0.4, -0.2) is 8.07 Å². The molecule has 0 heterocycles. The number of nitrogens with zero attached hydrogens (tertiary/aromatic N) is 2. The van der Waals surface area contributed by atoms with E-state index >= 15 is 0 Å². The van der Waals surface area contributed by atoms with Crippen molar-refractivity contribution in [2.24, 2.45) is 0 Å². The third-order valence-corrected chi connectivity index (χ3v) is 13.3. The molecule has 0 saturated carbocycles. The number of anilines is 6. The van der Waals surface area contributed by atoms with Crippen LogP contribution in [0.25, 0.3) is 32.3 Å². The summed E-state index contributed by atoms with van der Waals surface area (Å²) in [6.45, 7) is 18.4. The number of hydrogen-bond donors (Lipinski definition) is 0. The zero-order valence-corrected chi connectivity index (χ0v) is 34.6. The lowest BCUT2D eigenvalue weighted by molar-refractivity contribution is 0.866. The summed E-state index contributed by atoms with van der Waals surface area (Å²) in [6, 6.07) is 59.4. The first-order valence-electron chi connectivity index (χ1n) is 19.8. The maximum Gasteiger partial charge on any atom is 0.0775 e. The van der Waals surface area contributed by atoms with E-state index in [2.05, 4.69) is 222 Å². The molecule has 8 rings (SSSR count). The molecule has 0 bridgehead atoms. The smallest absolute Gasteiger partial charge is 0.0775 e. The van der Waals surface area contributed by atoms with Crippen molar-refractivity contribution in [3.63, 3.8) is 0 Å². The van der Waals surface area contributed by atoms with Crippen LogP contribution in [0.5, 0.6) is 0 Å². The Morgan fingerprint density at radius 3 is 1.05 bits per heavy atom. The van der Waals surface area contributed by atoms with Gasteiger partial charge < -0.3 is 9.80 Å². The van der Waals surface area contributed by atoms with Crippen LogP contribution in [0.15, 0.2) is 158 Å². The quantitative estimate of drug-likeness (QED) is 0.108. The van der Waals surface area contributed by atoms with Gasteiger partial charge in [0.05, 0.1) is 19.4 Å². The molecule has 55 heavy (non-hydrogen) atoms. The molecule has 0 spiro atoms. The van der Waals surface area contributed by atoms with Gasteiger partial charge in [0.25, 0.3) is 0 Å². The molecule has 0 amide bonds. The van der Waals surface area contributed by atoms with Crippen molar-refractivity contribution >= 4 is 79.7 Å². The average Bonchev–Trinajstić information content (AvgIpc) is 3.19. The fourth-order valence-electron chi connectivity index (χ4n) is 7.96. The van der Waals surface area contributed by atoms with E-state index in [4.69, 9.17) is 0 Å². The molecule has 0 aliphatic rings. The predicted octanol–water partition coefficient (Wildman–Crippen LogP) is 15.2. The molecule has 3 heteroatoms. The monoisotopic (exact) mass is 732 g/mol. The van der Waals surface area contributed by atoms with Gasteiger partial charge >= 0.3 is 0 Å². The van der Waals surface area contributed by atoms with E-state index in [1.807, 2.05) is 0 Å². The molecule has 8 aromatic carbocycles. The summed E-state index contributed by atoms with van der Waals surface area (Å²) in [7, 11) is -1.48. The minimum absolute atomic E-state index is 0.466. The van der Waals surface area contributed by atoms with Crippen molar-refractivity contribution in [3.05, 3.63) is 174 Å². The first kappa shape index (κ1) is 36.3. The second kappa shape index (κ2) is 14.5. The summed E-state index contributed by atoms with van der Waals surface area (Å²) in [6.07, 6.45) is 0. The summed E-state index contributed by atoms with van der Waals surface area (Å²) in [4.78, 5) is 4.91. The molecule has 8 aromatic rings. The number of rotatable bonds is 9. The van der Waals surface area contributed by atoms with Gasteiger partial charge in [0.15, 0.2) is 0 Å². The highest BCUT2D eigenvalue weighted by atomic mass is 28.3. The van der Waals surface area contributed by atoms with Crippen LogP contribution < -0.4 is 15.0 Å². The van der Waals surface area contributed by atoms with Gasteiger partial charge in [0, 0.05) is 33.5 Å². The molecule has 0 N–H and O–H groups in total. The molecule has 0 aliphatic heterocycles. The van der Waals surface area contributed by atoms with Crippen molar-refractivity contribution in [2.45, 2.75) is 66.1 Å². The van der Waals surface area contributed by atoms with Gasteiger partial charge in [-0.3, -0.25) is 0 Å². The Balaban J connectivity index is 1.41. The minimum Gasteiger partial charge on any atom is -0.310 e. The topological polar surface area (TPSA) is 6.48 Å². The van der Waals surface area contributed by atoms with Gasteiger partial charge in [-0.1, -0.05) is 155 Å². The maximum absolute atomic E-state index is 2.47. The van der Waals surface area contributed by atoms with Gasteiger partial charge in [-0.15, -0.1) is 0 Å². The van der Waals surface area contributed by atoms with E-state index in [0.29, 0.717) is 11.8 Å². The van der Waals surface area contributed by atoms with E-state index in [1.165, 1.54) is 71.3 Å². The molecule has 0 aromatic heterocycles. The third kappa shape index (κ3) is 6.94.